The number of hydrogen-bond acceptors (Lipinski definition) is 4. The molecule has 6 nitrogen and oxygen atoms in total. The molecule has 2 aliphatic rings. The molecule has 3 heterocycles. The van der Waals surface area contributed by atoms with Crippen LogP contribution in [0.1, 0.15) is 28.9 Å². The summed E-state index contributed by atoms with van der Waals surface area (Å²) in [6.45, 7) is 4.46. The number of benzene rings is 1. The summed E-state index contributed by atoms with van der Waals surface area (Å²) in [6.07, 6.45) is 3.27. The quantitative estimate of drug-likeness (QED) is 0.907. The molecule has 4 rings (SSSR count). The zero-order chi connectivity index (χ0) is 17.6. The fourth-order valence-electron chi connectivity index (χ4n) is 3.75. The molecule has 1 aromatic carbocycles. The summed E-state index contributed by atoms with van der Waals surface area (Å²) in [5.74, 6) is -0.785. The number of aromatic nitrogens is 2. The average Bonchev–Trinajstić information content (AvgIpc) is 3.29. The van der Waals surface area contributed by atoms with Crippen LogP contribution in [-0.4, -0.2) is 52.0 Å². The third-order valence-electron chi connectivity index (χ3n) is 5.21. The number of nitrogens with zero attached hydrogens (tertiary/aromatic N) is 3. The Kier molecular flexibility index (Phi) is 3.76. The van der Waals surface area contributed by atoms with Crippen LogP contribution in [0.4, 0.5) is 4.39 Å². The van der Waals surface area contributed by atoms with Gasteiger partial charge in [-0.15, -0.1) is 0 Å². The summed E-state index contributed by atoms with van der Waals surface area (Å²) in [4.78, 5) is 14.5. The van der Waals surface area contributed by atoms with Gasteiger partial charge in [0.15, 0.2) is 11.4 Å². The smallest absolute Gasteiger partial charge is 0.278 e. The number of halogens is 1. The molecule has 1 spiro atoms. The molecule has 0 bridgehead atoms. The average molecular weight is 345 g/mol. The van der Waals surface area contributed by atoms with Crippen LogP contribution in [0.25, 0.3) is 5.69 Å². The van der Waals surface area contributed by atoms with Crippen molar-refractivity contribution in [3.63, 3.8) is 0 Å². The number of rotatable bonds is 2. The Labute approximate surface area is 144 Å². The van der Waals surface area contributed by atoms with Gasteiger partial charge in [-0.2, -0.15) is 5.10 Å². The predicted octanol–water partition coefficient (Wildman–Crippen LogP) is 2.28. The highest BCUT2D eigenvalue weighted by Crippen LogP contribution is 2.39. The molecule has 1 aromatic heterocycles. The third-order valence-corrected chi connectivity index (χ3v) is 5.21. The van der Waals surface area contributed by atoms with Gasteiger partial charge in [-0.25, -0.2) is 9.07 Å². The zero-order valence-corrected chi connectivity index (χ0v) is 14.0. The van der Waals surface area contributed by atoms with Crippen molar-refractivity contribution in [1.29, 1.82) is 0 Å². The van der Waals surface area contributed by atoms with Gasteiger partial charge in [0.2, 0.25) is 0 Å². The van der Waals surface area contributed by atoms with E-state index >= 15 is 0 Å². The van der Waals surface area contributed by atoms with Gasteiger partial charge in [-0.1, -0.05) is 0 Å². The number of ether oxygens (including phenoxy) is 1. The van der Waals surface area contributed by atoms with E-state index in [2.05, 4.69) is 5.10 Å². The van der Waals surface area contributed by atoms with Crippen LogP contribution in [0.2, 0.25) is 0 Å². The first-order valence-corrected chi connectivity index (χ1v) is 8.40. The van der Waals surface area contributed by atoms with Crippen molar-refractivity contribution >= 4 is 5.91 Å². The summed E-state index contributed by atoms with van der Waals surface area (Å²) < 4.78 is 20.2. The summed E-state index contributed by atoms with van der Waals surface area (Å²) in [7, 11) is 0. The van der Waals surface area contributed by atoms with Crippen LogP contribution >= 0.6 is 0 Å². The molecule has 7 heteroatoms. The molecule has 2 aliphatic heterocycles. The number of likely N-dealkylation sites (tertiary alicyclic amines) is 1. The van der Waals surface area contributed by atoms with Crippen LogP contribution in [0.3, 0.4) is 0 Å². The van der Waals surface area contributed by atoms with Gasteiger partial charge in [0, 0.05) is 25.1 Å². The Balaban J connectivity index is 1.59. The lowest BCUT2D eigenvalue weighted by Gasteiger charge is -2.21. The van der Waals surface area contributed by atoms with Gasteiger partial charge in [0.1, 0.15) is 5.82 Å². The number of aromatic hydroxyl groups is 1. The maximum atomic E-state index is 13.3. The van der Waals surface area contributed by atoms with E-state index in [-0.39, 0.29) is 28.6 Å². The molecule has 2 fully saturated rings. The van der Waals surface area contributed by atoms with Crippen molar-refractivity contribution in [2.24, 2.45) is 5.41 Å². The lowest BCUT2D eigenvalue weighted by Crippen LogP contribution is -2.32. The van der Waals surface area contributed by atoms with E-state index in [0.717, 1.165) is 19.4 Å². The minimum absolute atomic E-state index is 0.0275. The lowest BCUT2D eigenvalue weighted by atomic mass is 9.87. The van der Waals surface area contributed by atoms with Crippen molar-refractivity contribution in [2.75, 3.05) is 26.3 Å². The fraction of sp³-hybridized carbons (Fsp3) is 0.444. The fourth-order valence-corrected chi connectivity index (χ4v) is 3.75. The normalized spacial score (nSPS) is 22.9. The van der Waals surface area contributed by atoms with E-state index in [1.807, 2.05) is 0 Å². The lowest BCUT2D eigenvalue weighted by molar-refractivity contribution is 0.0756. The van der Waals surface area contributed by atoms with E-state index in [1.165, 1.54) is 23.0 Å². The predicted molar refractivity (Wildman–Crippen MR) is 88.3 cm³/mol. The minimum atomic E-state index is -0.338. The monoisotopic (exact) mass is 345 g/mol. The summed E-state index contributed by atoms with van der Waals surface area (Å²) >= 11 is 0. The summed E-state index contributed by atoms with van der Waals surface area (Å²) in [5, 5.41) is 14.4. The van der Waals surface area contributed by atoms with Crippen LogP contribution < -0.4 is 0 Å². The van der Waals surface area contributed by atoms with Gasteiger partial charge in [-0.3, -0.25) is 4.79 Å². The maximum Gasteiger partial charge on any atom is 0.278 e. The molecule has 0 aliphatic carbocycles. The molecule has 0 radical (unpaired) electrons. The highest BCUT2D eigenvalue weighted by molar-refractivity contribution is 5.95. The van der Waals surface area contributed by atoms with E-state index < -0.39 is 0 Å². The molecule has 25 heavy (non-hydrogen) atoms. The Morgan fingerprint density at radius 2 is 2.24 bits per heavy atom. The molecule has 1 N–H and O–H groups in total. The first-order chi connectivity index (χ1) is 12.0. The van der Waals surface area contributed by atoms with E-state index in [1.54, 1.807) is 17.9 Å². The molecule has 2 saturated heterocycles. The van der Waals surface area contributed by atoms with E-state index in [4.69, 9.17) is 4.74 Å². The van der Waals surface area contributed by atoms with Gasteiger partial charge < -0.3 is 14.7 Å². The Morgan fingerprint density at radius 1 is 1.40 bits per heavy atom. The Morgan fingerprint density at radius 3 is 2.96 bits per heavy atom. The zero-order valence-electron chi connectivity index (χ0n) is 14.0. The standard InChI is InChI=1S/C18H20FN3O3/c1-12-8-13(19)2-3-14(12)22-9-15(23)16(20-22)17(24)21-6-4-18(10-21)5-7-25-11-18/h2-3,8-9,23H,4-7,10-11H2,1H3. The first-order valence-electron chi connectivity index (χ1n) is 8.40. The van der Waals surface area contributed by atoms with Gasteiger partial charge >= 0.3 is 0 Å². The van der Waals surface area contributed by atoms with Crippen LogP contribution in [0, 0.1) is 18.2 Å². The molecule has 1 unspecified atom stereocenters. The SMILES string of the molecule is Cc1cc(F)ccc1-n1cc(O)c(C(=O)N2CCC3(CCOC3)C2)n1. The minimum Gasteiger partial charge on any atom is -0.504 e. The van der Waals surface area contributed by atoms with E-state index in [9.17, 15) is 14.3 Å². The molecule has 1 atom stereocenters. The largest absolute Gasteiger partial charge is 0.504 e. The molecule has 1 amide bonds. The van der Waals surface area contributed by atoms with Crippen LogP contribution in [0.5, 0.6) is 5.75 Å². The first kappa shape index (κ1) is 16.1. The maximum absolute atomic E-state index is 13.3. The second-order valence-corrected chi connectivity index (χ2v) is 7.02. The molecule has 0 saturated carbocycles. The van der Waals surface area contributed by atoms with Crippen molar-refractivity contribution < 1.29 is 19.0 Å². The number of carbonyl (C=O) groups excluding carboxylic acids is 1. The van der Waals surface area contributed by atoms with Gasteiger partial charge in [0.25, 0.3) is 5.91 Å². The van der Waals surface area contributed by atoms with Crippen molar-refractivity contribution in [1.82, 2.24) is 14.7 Å². The Bertz CT molecular complexity index is 827. The number of amides is 1. The summed E-state index contributed by atoms with van der Waals surface area (Å²) in [6, 6.07) is 4.29. The van der Waals surface area contributed by atoms with Crippen molar-refractivity contribution in [3.8, 4) is 11.4 Å². The molecule has 2 aromatic rings. The second-order valence-electron chi connectivity index (χ2n) is 7.02. The Hall–Kier alpha value is -2.41. The second kappa shape index (κ2) is 5.84. The van der Waals surface area contributed by atoms with Gasteiger partial charge in [-0.05, 0) is 43.5 Å². The highest BCUT2D eigenvalue weighted by atomic mass is 19.1. The van der Waals surface area contributed by atoms with Crippen LogP contribution in [0.15, 0.2) is 24.4 Å². The van der Waals surface area contributed by atoms with Crippen LogP contribution in [-0.2, 0) is 4.74 Å². The molecule has 132 valence electrons. The number of carbonyl (C=O) groups is 1. The van der Waals surface area contributed by atoms with Gasteiger partial charge in [0.05, 0.1) is 18.5 Å². The summed E-state index contributed by atoms with van der Waals surface area (Å²) in [5.41, 5.74) is 1.38. The number of aryl methyl sites for hydroxylation is 1. The molecular weight excluding hydrogens is 325 g/mol. The van der Waals surface area contributed by atoms with Crippen molar-refractivity contribution in [3.05, 3.63) is 41.5 Å². The molecular formula is C18H20FN3O3. The third kappa shape index (κ3) is 2.78. The van der Waals surface area contributed by atoms with Crippen molar-refractivity contribution in [2.45, 2.75) is 19.8 Å². The van der Waals surface area contributed by atoms with E-state index in [0.29, 0.717) is 30.9 Å². The topological polar surface area (TPSA) is 67.6 Å². The highest BCUT2D eigenvalue weighted by Gasteiger charge is 2.43. The number of hydrogen-bond donors (Lipinski definition) is 1.